The highest BCUT2D eigenvalue weighted by Gasteiger charge is 2.42. The smallest absolute Gasteiger partial charge is 0.411 e. The quantitative estimate of drug-likeness (QED) is 0.351. The lowest BCUT2D eigenvalue weighted by Gasteiger charge is -2.37. The molecular formula is C32H27NO5. The first kappa shape index (κ1) is 23.8. The van der Waals surface area contributed by atoms with Gasteiger partial charge in [-0.1, -0.05) is 78.9 Å². The van der Waals surface area contributed by atoms with Crippen LogP contribution in [0.15, 0.2) is 91.0 Å². The van der Waals surface area contributed by atoms with Crippen molar-refractivity contribution in [2.45, 2.75) is 24.9 Å². The van der Waals surface area contributed by atoms with E-state index in [0.717, 1.165) is 57.3 Å². The molecule has 0 unspecified atom stereocenters. The molecule has 0 saturated carbocycles. The molecule has 2 aliphatic carbocycles. The third-order valence-corrected chi connectivity index (χ3v) is 7.53. The van der Waals surface area contributed by atoms with Gasteiger partial charge in [-0.05, 0) is 69.5 Å². The lowest BCUT2D eigenvalue weighted by atomic mass is 9.90. The minimum atomic E-state index is -1.03. The van der Waals surface area contributed by atoms with Gasteiger partial charge in [-0.25, -0.2) is 9.59 Å². The summed E-state index contributed by atoms with van der Waals surface area (Å²) in [5, 5.41) is 9.08. The molecule has 190 valence electrons. The van der Waals surface area contributed by atoms with Gasteiger partial charge >= 0.3 is 12.1 Å². The summed E-state index contributed by atoms with van der Waals surface area (Å²) in [7, 11) is 1.43. The largest absolute Gasteiger partial charge is 0.482 e. The van der Waals surface area contributed by atoms with Crippen LogP contribution in [0.25, 0.3) is 11.1 Å². The maximum absolute atomic E-state index is 13.8. The molecule has 6 rings (SSSR count). The molecule has 0 spiro atoms. The highest BCUT2D eigenvalue weighted by Crippen LogP contribution is 2.51. The van der Waals surface area contributed by atoms with Crippen molar-refractivity contribution in [3.05, 3.63) is 124 Å². The van der Waals surface area contributed by atoms with Crippen LogP contribution < -0.4 is 4.74 Å². The molecule has 0 bridgehead atoms. The number of fused-ring (bicyclic) bond motifs is 5. The zero-order chi connectivity index (χ0) is 26.2. The number of aryl methyl sites for hydroxylation is 2. The van der Waals surface area contributed by atoms with Gasteiger partial charge < -0.3 is 14.6 Å². The maximum atomic E-state index is 13.8. The molecule has 1 atom stereocenters. The minimum Gasteiger partial charge on any atom is -0.482 e. The summed E-state index contributed by atoms with van der Waals surface area (Å²) in [6, 6.07) is 29.6. The summed E-state index contributed by atoms with van der Waals surface area (Å²) in [5.74, 6) is -0.530. The third kappa shape index (κ3) is 3.98. The van der Waals surface area contributed by atoms with E-state index < -0.39 is 24.7 Å². The van der Waals surface area contributed by atoms with Gasteiger partial charge in [0.05, 0.1) is 19.2 Å². The molecule has 4 aromatic rings. The standard InChI is InChI=1S/C32H27NO5/c1-37-32(36)33(31-27-12-6-4-10-25(27)26-11-5-7-13-28(26)31)30-23-9-3-2-8-20(23)14-15-21-18-22(16-17-24(21)30)38-19-29(34)35/h2-13,16-18,30-31H,14-15,19H2,1H3,(H,34,35)/t30-/m1/s1. The second-order valence-electron chi connectivity index (χ2n) is 9.60. The molecule has 0 heterocycles. The van der Waals surface area contributed by atoms with E-state index >= 15 is 0 Å². The van der Waals surface area contributed by atoms with E-state index in [2.05, 4.69) is 36.4 Å². The number of hydrogen-bond acceptors (Lipinski definition) is 4. The molecule has 6 nitrogen and oxygen atoms in total. The highest BCUT2D eigenvalue weighted by molar-refractivity contribution is 5.82. The summed E-state index contributed by atoms with van der Waals surface area (Å²) < 4.78 is 11.0. The van der Waals surface area contributed by atoms with Crippen molar-refractivity contribution in [1.82, 2.24) is 4.90 Å². The molecule has 4 aromatic carbocycles. The lowest BCUT2D eigenvalue weighted by molar-refractivity contribution is -0.139. The first-order valence-corrected chi connectivity index (χ1v) is 12.7. The molecule has 0 radical (unpaired) electrons. The van der Waals surface area contributed by atoms with Crippen LogP contribution in [0.1, 0.15) is 45.5 Å². The van der Waals surface area contributed by atoms with Gasteiger partial charge in [-0.15, -0.1) is 0 Å². The van der Waals surface area contributed by atoms with Crippen LogP contribution >= 0.6 is 0 Å². The summed E-state index contributed by atoms with van der Waals surface area (Å²) in [6.07, 6.45) is 1.11. The first-order chi connectivity index (χ1) is 18.6. The number of amides is 1. The average molecular weight is 506 g/mol. The fourth-order valence-corrected chi connectivity index (χ4v) is 5.96. The van der Waals surface area contributed by atoms with E-state index in [1.165, 1.54) is 7.11 Å². The Morgan fingerprint density at radius 1 is 0.763 bits per heavy atom. The molecule has 1 amide bonds. The zero-order valence-corrected chi connectivity index (χ0v) is 21.0. The summed E-state index contributed by atoms with van der Waals surface area (Å²) in [6.45, 7) is -0.410. The van der Waals surface area contributed by atoms with Gasteiger partial charge in [-0.2, -0.15) is 0 Å². The van der Waals surface area contributed by atoms with E-state index in [9.17, 15) is 9.59 Å². The Kier molecular flexibility index (Phi) is 6.08. The fraction of sp³-hybridized carbons (Fsp3) is 0.188. The number of aliphatic carboxylic acids is 1. The van der Waals surface area contributed by atoms with Crippen molar-refractivity contribution in [3.8, 4) is 16.9 Å². The predicted molar refractivity (Wildman–Crippen MR) is 143 cm³/mol. The fourth-order valence-electron chi connectivity index (χ4n) is 5.96. The van der Waals surface area contributed by atoms with Gasteiger partial charge in [0.2, 0.25) is 0 Å². The van der Waals surface area contributed by atoms with E-state index in [-0.39, 0.29) is 6.04 Å². The zero-order valence-electron chi connectivity index (χ0n) is 21.0. The van der Waals surface area contributed by atoms with Crippen LogP contribution in [-0.2, 0) is 22.4 Å². The van der Waals surface area contributed by atoms with Crippen LogP contribution in [0, 0.1) is 0 Å². The van der Waals surface area contributed by atoms with Crippen molar-refractivity contribution in [3.63, 3.8) is 0 Å². The van der Waals surface area contributed by atoms with E-state index in [1.54, 1.807) is 6.07 Å². The first-order valence-electron chi connectivity index (χ1n) is 12.7. The van der Waals surface area contributed by atoms with Crippen LogP contribution in [0.4, 0.5) is 4.79 Å². The maximum Gasteiger partial charge on any atom is 0.411 e. The molecule has 0 aliphatic heterocycles. The van der Waals surface area contributed by atoms with E-state index in [1.807, 2.05) is 53.4 Å². The van der Waals surface area contributed by atoms with Crippen molar-refractivity contribution < 1.29 is 24.2 Å². The second kappa shape index (κ2) is 9.71. The highest BCUT2D eigenvalue weighted by atomic mass is 16.5. The van der Waals surface area contributed by atoms with Crippen molar-refractivity contribution in [2.24, 2.45) is 0 Å². The minimum absolute atomic E-state index is 0.346. The molecule has 0 aromatic heterocycles. The summed E-state index contributed by atoms with van der Waals surface area (Å²) in [5.41, 5.74) is 8.55. The number of methoxy groups -OCH3 is 1. The van der Waals surface area contributed by atoms with Crippen LogP contribution in [0.2, 0.25) is 0 Å². The average Bonchev–Trinajstić information content (AvgIpc) is 3.18. The number of ether oxygens (including phenoxy) is 2. The van der Waals surface area contributed by atoms with E-state index in [4.69, 9.17) is 14.6 Å². The van der Waals surface area contributed by atoms with Crippen LogP contribution in [0.5, 0.6) is 5.75 Å². The Labute approximate surface area is 221 Å². The Morgan fingerprint density at radius 3 is 1.97 bits per heavy atom. The molecular weight excluding hydrogens is 478 g/mol. The number of carbonyl (C=O) groups excluding carboxylic acids is 1. The van der Waals surface area contributed by atoms with E-state index in [0.29, 0.717) is 5.75 Å². The number of rotatable bonds is 5. The number of hydrogen-bond donors (Lipinski definition) is 1. The monoisotopic (exact) mass is 505 g/mol. The van der Waals surface area contributed by atoms with Crippen molar-refractivity contribution >= 4 is 12.1 Å². The molecule has 2 aliphatic rings. The molecule has 0 saturated heterocycles. The molecule has 6 heteroatoms. The number of carboxylic acids is 1. The Bertz CT molecular complexity index is 1500. The predicted octanol–water partition coefficient (Wildman–Crippen LogP) is 6.18. The number of benzene rings is 4. The molecule has 38 heavy (non-hydrogen) atoms. The topological polar surface area (TPSA) is 76.1 Å². The Hall–Kier alpha value is -4.58. The van der Waals surface area contributed by atoms with Crippen LogP contribution in [-0.4, -0.2) is 35.8 Å². The summed E-state index contributed by atoms with van der Waals surface area (Å²) in [4.78, 5) is 26.8. The summed E-state index contributed by atoms with van der Waals surface area (Å²) >= 11 is 0. The third-order valence-electron chi connectivity index (χ3n) is 7.53. The SMILES string of the molecule is COC(=O)N(C1c2ccccc2-c2ccccc21)[C@@H]1c2ccccc2CCc2cc(OCC(=O)O)ccc21. The number of carbonyl (C=O) groups is 2. The molecule has 0 fully saturated rings. The van der Waals surface area contributed by atoms with Crippen molar-refractivity contribution in [1.29, 1.82) is 0 Å². The Balaban J connectivity index is 1.56. The Morgan fingerprint density at radius 2 is 1.32 bits per heavy atom. The number of nitrogens with zero attached hydrogens (tertiary/aromatic N) is 1. The van der Waals surface area contributed by atoms with Gasteiger partial charge in [-0.3, -0.25) is 4.90 Å². The van der Waals surface area contributed by atoms with Gasteiger partial charge in [0.1, 0.15) is 5.75 Å². The molecule has 1 N–H and O–H groups in total. The number of carboxylic acid groups (broad SMARTS) is 1. The lowest BCUT2D eigenvalue weighted by Crippen LogP contribution is -2.39. The van der Waals surface area contributed by atoms with Gasteiger partial charge in [0, 0.05) is 0 Å². The van der Waals surface area contributed by atoms with Gasteiger partial charge in [0.15, 0.2) is 6.61 Å². The van der Waals surface area contributed by atoms with Crippen LogP contribution in [0.3, 0.4) is 0 Å². The van der Waals surface area contributed by atoms with Gasteiger partial charge in [0.25, 0.3) is 0 Å². The van der Waals surface area contributed by atoms with Crippen molar-refractivity contribution in [2.75, 3.05) is 13.7 Å². The second-order valence-corrected chi connectivity index (χ2v) is 9.60. The normalized spacial score (nSPS) is 15.3.